The van der Waals surface area contributed by atoms with Crippen LogP contribution >= 0.6 is 0 Å². The van der Waals surface area contributed by atoms with Crippen LogP contribution in [0, 0.1) is 5.92 Å². The molecule has 2 N–H and O–H groups in total. The number of aromatic nitrogens is 2. The summed E-state index contributed by atoms with van der Waals surface area (Å²) in [6, 6.07) is 8.22. The van der Waals surface area contributed by atoms with Gasteiger partial charge in [0.2, 0.25) is 0 Å². The van der Waals surface area contributed by atoms with Crippen LogP contribution in [0.15, 0.2) is 48.0 Å². The normalized spacial score (nSPS) is 19.4. The molecular weight excluding hydrogens is 274 g/mol. The molecule has 1 saturated heterocycles. The minimum Gasteiger partial charge on any atom is -0.370 e. The predicted molar refractivity (Wildman–Crippen MR) is 88.9 cm³/mol. The molecule has 5 nitrogen and oxygen atoms in total. The summed E-state index contributed by atoms with van der Waals surface area (Å²) in [5.41, 5.74) is 8.43. The maximum Gasteiger partial charge on any atom is 0.191 e. The molecule has 1 unspecified atom stereocenters. The summed E-state index contributed by atoms with van der Waals surface area (Å²) >= 11 is 0. The fourth-order valence-corrected chi connectivity index (χ4v) is 2.96. The van der Waals surface area contributed by atoms with Gasteiger partial charge in [-0.1, -0.05) is 25.1 Å². The number of aliphatic imine (C=N–C) groups is 1. The highest BCUT2D eigenvalue weighted by Crippen LogP contribution is 2.17. The quantitative estimate of drug-likeness (QED) is 0.699. The Morgan fingerprint density at radius 2 is 2.27 bits per heavy atom. The van der Waals surface area contributed by atoms with Crippen molar-refractivity contribution in [1.82, 2.24) is 14.5 Å². The SMILES string of the molecule is CC1CCCN(C(N)=NCc2ccccc2-n2ccnc2)C1. The lowest BCUT2D eigenvalue weighted by Crippen LogP contribution is -2.43. The molecule has 5 heteroatoms. The van der Waals surface area contributed by atoms with Crippen molar-refractivity contribution in [2.24, 2.45) is 16.6 Å². The van der Waals surface area contributed by atoms with Crippen molar-refractivity contribution in [3.63, 3.8) is 0 Å². The monoisotopic (exact) mass is 297 g/mol. The van der Waals surface area contributed by atoms with Gasteiger partial charge in [0, 0.05) is 25.5 Å². The Morgan fingerprint density at radius 3 is 3.05 bits per heavy atom. The number of imidazole rings is 1. The Hall–Kier alpha value is -2.30. The van der Waals surface area contributed by atoms with Crippen molar-refractivity contribution in [3.8, 4) is 5.69 Å². The number of benzene rings is 1. The molecule has 22 heavy (non-hydrogen) atoms. The third kappa shape index (κ3) is 3.30. The van der Waals surface area contributed by atoms with Crippen LogP contribution in [0.5, 0.6) is 0 Å². The van der Waals surface area contributed by atoms with Crippen molar-refractivity contribution in [3.05, 3.63) is 48.5 Å². The van der Waals surface area contributed by atoms with Crippen LogP contribution in [0.1, 0.15) is 25.3 Å². The number of hydrogen-bond acceptors (Lipinski definition) is 2. The summed E-state index contributed by atoms with van der Waals surface area (Å²) < 4.78 is 2.00. The minimum absolute atomic E-state index is 0.588. The van der Waals surface area contributed by atoms with Crippen molar-refractivity contribution in [2.75, 3.05) is 13.1 Å². The maximum absolute atomic E-state index is 6.18. The molecule has 2 heterocycles. The Bertz CT molecular complexity index is 632. The highest BCUT2D eigenvalue weighted by Gasteiger charge is 2.17. The van der Waals surface area contributed by atoms with Crippen molar-refractivity contribution in [2.45, 2.75) is 26.3 Å². The zero-order valence-electron chi connectivity index (χ0n) is 13.0. The van der Waals surface area contributed by atoms with Crippen LogP contribution in [-0.4, -0.2) is 33.5 Å². The number of hydrogen-bond donors (Lipinski definition) is 1. The van der Waals surface area contributed by atoms with E-state index >= 15 is 0 Å². The third-order valence-electron chi connectivity index (χ3n) is 4.17. The van der Waals surface area contributed by atoms with E-state index in [2.05, 4.69) is 33.9 Å². The van der Waals surface area contributed by atoms with Crippen LogP contribution in [0.25, 0.3) is 5.69 Å². The molecule has 1 aliphatic rings. The second kappa shape index (κ2) is 6.64. The van der Waals surface area contributed by atoms with Gasteiger partial charge in [-0.05, 0) is 30.4 Å². The first kappa shape index (κ1) is 14.6. The number of piperidine rings is 1. The largest absolute Gasteiger partial charge is 0.370 e. The summed E-state index contributed by atoms with van der Waals surface area (Å²) in [6.07, 6.45) is 8.01. The lowest BCUT2D eigenvalue weighted by molar-refractivity contribution is 0.270. The number of para-hydroxylation sites is 1. The predicted octanol–water partition coefficient (Wildman–Crippen LogP) is 2.42. The van der Waals surface area contributed by atoms with E-state index in [1.807, 2.05) is 22.9 Å². The molecule has 2 aromatic rings. The summed E-state index contributed by atoms with van der Waals surface area (Å²) in [4.78, 5) is 10.9. The Labute approximate surface area is 131 Å². The molecule has 1 aromatic carbocycles. The second-order valence-electron chi connectivity index (χ2n) is 5.97. The highest BCUT2D eigenvalue weighted by atomic mass is 15.3. The zero-order valence-corrected chi connectivity index (χ0v) is 13.0. The van der Waals surface area contributed by atoms with Gasteiger partial charge in [0.25, 0.3) is 0 Å². The van der Waals surface area contributed by atoms with Gasteiger partial charge in [-0.2, -0.15) is 0 Å². The van der Waals surface area contributed by atoms with Crippen molar-refractivity contribution < 1.29 is 0 Å². The van der Waals surface area contributed by atoms with Crippen molar-refractivity contribution >= 4 is 5.96 Å². The molecule has 116 valence electrons. The molecule has 0 spiro atoms. The summed E-state index contributed by atoms with van der Waals surface area (Å²) in [7, 11) is 0. The number of nitrogens with zero attached hydrogens (tertiary/aromatic N) is 4. The molecule has 0 saturated carbocycles. The fraction of sp³-hybridized carbons (Fsp3) is 0.412. The second-order valence-corrected chi connectivity index (χ2v) is 5.97. The van der Waals surface area contributed by atoms with E-state index in [4.69, 9.17) is 5.73 Å². The van der Waals surface area contributed by atoms with E-state index in [1.165, 1.54) is 12.8 Å². The molecule has 1 aliphatic heterocycles. The van der Waals surface area contributed by atoms with Crippen LogP contribution < -0.4 is 5.73 Å². The first-order valence-electron chi connectivity index (χ1n) is 7.85. The fourth-order valence-electron chi connectivity index (χ4n) is 2.96. The molecule has 0 amide bonds. The van der Waals surface area contributed by atoms with Gasteiger partial charge in [0.05, 0.1) is 18.6 Å². The molecule has 1 aromatic heterocycles. The molecule has 3 rings (SSSR count). The number of guanidine groups is 1. The lowest BCUT2D eigenvalue weighted by atomic mass is 10.0. The highest BCUT2D eigenvalue weighted by molar-refractivity contribution is 5.78. The van der Waals surface area contributed by atoms with Crippen LogP contribution in [0.3, 0.4) is 0 Å². The molecule has 0 bridgehead atoms. The molecule has 1 fully saturated rings. The summed E-state index contributed by atoms with van der Waals surface area (Å²) in [6.45, 7) is 4.89. The first-order valence-corrected chi connectivity index (χ1v) is 7.85. The zero-order chi connectivity index (χ0) is 15.4. The lowest BCUT2D eigenvalue weighted by Gasteiger charge is -2.31. The van der Waals surface area contributed by atoms with E-state index in [0.29, 0.717) is 18.4 Å². The Balaban J connectivity index is 1.75. The van der Waals surface area contributed by atoms with Gasteiger partial charge in [0.15, 0.2) is 5.96 Å². The van der Waals surface area contributed by atoms with E-state index < -0.39 is 0 Å². The van der Waals surface area contributed by atoms with E-state index in [-0.39, 0.29) is 0 Å². The van der Waals surface area contributed by atoms with Gasteiger partial charge in [-0.3, -0.25) is 0 Å². The van der Waals surface area contributed by atoms with Gasteiger partial charge in [-0.25, -0.2) is 9.98 Å². The van der Waals surface area contributed by atoms with E-state index in [1.54, 1.807) is 12.5 Å². The van der Waals surface area contributed by atoms with E-state index in [0.717, 1.165) is 24.3 Å². The average Bonchev–Trinajstić information content (AvgIpc) is 3.07. The number of likely N-dealkylation sites (tertiary alicyclic amines) is 1. The average molecular weight is 297 g/mol. The topological polar surface area (TPSA) is 59.4 Å². The Kier molecular flexibility index (Phi) is 4.42. The van der Waals surface area contributed by atoms with E-state index in [9.17, 15) is 0 Å². The molecular formula is C17H23N5. The van der Waals surface area contributed by atoms with Crippen LogP contribution in [-0.2, 0) is 6.54 Å². The number of nitrogens with two attached hydrogens (primary N) is 1. The number of rotatable bonds is 3. The standard InChI is InChI=1S/C17H23N5/c1-14-5-4-9-21(12-14)17(18)20-11-15-6-2-3-7-16(15)22-10-8-19-13-22/h2-3,6-8,10,13-14H,4-5,9,11-12H2,1H3,(H2,18,20). The van der Waals surface area contributed by atoms with Gasteiger partial charge in [0.1, 0.15) is 0 Å². The molecule has 0 aliphatic carbocycles. The smallest absolute Gasteiger partial charge is 0.191 e. The third-order valence-corrected chi connectivity index (χ3v) is 4.17. The molecule has 1 atom stereocenters. The van der Waals surface area contributed by atoms with Crippen LogP contribution in [0.2, 0.25) is 0 Å². The molecule has 0 radical (unpaired) electrons. The Morgan fingerprint density at radius 1 is 1.41 bits per heavy atom. The van der Waals surface area contributed by atoms with Crippen LogP contribution in [0.4, 0.5) is 0 Å². The van der Waals surface area contributed by atoms with Gasteiger partial charge < -0.3 is 15.2 Å². The van der Waals surface area contributed by atoms with Crippen molar-refractivity contribution in [1.29, 1.82) is 0 Å². The first-order chi connectivity index (χ1) is 10.7. The van der Waals surface area contributed by atoms with Gasteiger partial charge >= 0.3 is 0 Å². The minimum atomic E-state index is 0.588. The maximum atomic E-state index is 6.18. The summed E-state index contributed by atoms with van der Waals surface area (Å²) in [5.74, 6) is 1.35. The van der Waals surface area contributed by atoms with Gasteiger partial charge in [-0.15, -0.1) is 0 Å². The summed E-state index contributed by atoms with van der Waals surface area (Å²) in [5, 5.41) is 0.